The van der Waals surface area contributed by atoms with E-state index in [0.29, 0.717) is 0 Å². The largest absolute Gasteiger partial charge is 0.368 e. The maximum atomic E-state index is 5.38. The Morgan fingerprint density at radius 1 is 1.00 bits per heavy atom. The van der Waals surface area contributed by atoms with Crippen molar-refractivity contribution in [1.29, 1.82) is 0 Å². The van der Waals surface area contributed by atoms with E-state index < -0.39 is 0 Å². The van der Waals surface area contributed by atoms with Crippen LogP contribution in [0.1, 0.15) is 0 Å². The maximum absolute atomic E-state index is 5.38. The first-order chi connectivity index (χ1) is 7.24. The second-order valence-corrected chi connectivity index (χ2v) is 3.88. The van der Waals surface area contributed by atoms with Gasteiger partial charge in [-0.3, -0.25) is 0 Å². The average Bonchev–Trinajstić information content (AvgIpc) is 2.25. The van der Waals surface area contributed by atoms with Crippen LogP contribution in [0.4, 0.5) is 17.3 Å². The van der Waals surface area contributed by atoms with Crippen molar-refractivity contribution in [2.24, 2.45) is 0 Å². The topological polar surface area (TPSA) is 63.8 Å². The highest BCUT2D eigenvalue weighted by molar-refractivity contribution is 9.10. The minimum Gasteiger partial charge on any atom is -0.368 e. The number of halogens is 1. The van der Waals surface area contributed by atoms with Gasteiger partial charge in [0.25, 0.3) is 0 Å². The number of benzene rings is 1. The van der Waals surface area contributed by atoms with Crippen LogP contribution in [-0.4, -0.2) is 9.97 Å². The monoisotopic (exact) mass is 264 g/mol. The molecule has 0 unspecified atom stereocenters. The van der Waals surface area contributed by atoms with Crippen LogP contribution in [0.5, 0.6) is 0 Å². The second kappa shape index (κ2) is 4.27. The zero-order valence-corrected chi connectivity index (χ0v) is 9.40. The van der Waals surface area contributed by atoms with E-state index in [1.54, 1.807) is 12.4 Å². The molecule has 15 heavy (non-hydrogen) atoms. The molecule has 0 bridgehead atoms. The number of nitrogens with two attached hydrogens (primary N) is 1. The minimum atomic E-state index is 0.274. The highest BCUT2D eigenvalue weighted by Gasteiger charge is 1.95. The van der Waals surface area contributed by atoms with Crippen LogP contribution in [0.2, 0.25) is 0 Å². The molecular formula is C10H9BrN4. The van der Waals surface area contributed by atoms with Crippen LogP contribution in [0, 0.1) is 0 Å². The molecule has 0 aliphatic rings. The number of nitrogen functional groups attached to an aromatic ring is 1. The molecule has 0 amide bonds. The van der Waals surface area contributed by atoms with Gasteiger partial charge in [-0.2, -0.15) is 0 Å². The predicted octanol–water partition coefficient (Wildman–Crippen LogP) is 2.56. The molecule has 0 aliphatic heterocycles. The van der Waals surface area contributed by atoms with Crippen molar-refractivity contribution < 1.29 is 0 Å². The molecule has 0 fully saturated rings. The molecule has 0 aliphatic carbocycles. The smallest absolute Gasteiger partial charge is 0.220 e. The summed E-state index contributed by atoms with van der Waals surface area (Å²) in [6.07, 6.45) is 3.29. The number of anilines is 3. The Balaban J connectivity index is 2.15. The molecule has 2 rings (SSSR count). The molecular weight excluding hydrogens is 256 g/mol. The van der Waals surface area contributed by atoms with Gasteiger partial charge in [0.15, 0.2) is 0 Å². The molecule has 0 atom stereocenters. The summed E-state index contributed by atoms with van der Waals surface area (Å²) in [6, 6.07) is 7.84. The Labute approximate surface area is 95.7 Å². The molecule has 2 aromatic rings. The highest BCUT2D eigenvalue weighted by atomic mass is 79.9. The van der Waals surface area contributed by atoms with Gasteiger partial charge in [0.05, 0.1) is 18.1 Å². The summed E-state index contributed by atoms with van der Waals surface area (Å²) in [4.78, 5) is 7.78. The van der Waals surface area contributed by atoms with Gasteiger partial charge in [-0.1, -0.05) is 15.9 Å². The fourth-order valence-corrected chi connectivity index (χ4v) is 1.37. The first kappa shape index (κ1) is 9.92. The average molecular weight is 265 g/mol. The standard InChI is InChI=1S/C10H9BrN4/c11-7-1-3-8(4-2-7)15-9-5-13-10(12)14-6-9/h1-6,15H,(H2,12,13,14). The van der Waals surface area contributed by atoms with E-state index in [4.69, 9.17) is 5.73 Å². The molecule has 0 saturated carbocycles. The first-order valence-electron chi connectivity index (χ1n) is 4.34. The van der Waals surface area contributed by atoms with Crippen molar-refractivity contribution in [3.05, 3.63) is 41.1 Å². The van der Waals surface area contributed by atoms with Gasteiger partial charge in [-0.25, -0.2) is 9.97 Å². The van der Waals surface area contributed by atoms with Gasteiger partial charge in [0.1, 0.15) is 0 Å². The fourth-order valence-electron chi connectivity index (χ4n) is 1.10. The molecule has 3 N–H and O–H groups in total. The van der Waals surface area contributed by atoms with E-state index in [2.05, 4.69) is 31.2 Å². The zero-order valence-electron chi connectivity index (χ0n) is 7.81. The van der Waals surface area contributed by atoms with Crippen LogP contribution < -0.4 is 11.1 Å². The van der Waals surface area contributed by atoms with E-state index >= 15 is 0 Å². The molecule has 1 aromatic heterocycles. The Kier molecular flexibility index (Phi) is 2.82. The number of nitrogens with zero attached hydrogens (tertiary/aromatic N) is 2. The molecule has 4 nitrogen and oxygen atoms in total. The molecule has 5 heteroatoms. The maximum Gasteiger partial charge on any atom is 0.220 e. The highest BCUT2D eigenvalue weighted by Crippen LogP contribution is 2.18. The SMILES string of the molecule is Nc1ncc(Nc2ccc(Br)cc2)cn1. The van der Waals surface area contributed by atoms with Gasteiger partial charge in [0.2, 0.25) is 5.95 Å². The lowest BCUT2D eigenvalue weighted by atomic mass is 10.3. The van der Waals surface area contributed by atoms with Crippen molar-refractivity contribution in [2.45, 2.75) is 0 Å². The molecule has 1 heterocycles. The van der Waals surface area contributed by atoms with Crippen molar-refractivity contribution in [3.63, 3.8) is 0 Å². The molecule has 1 aromatic carbocycles. The van der Waals surface area contributed by atoms with Gasteiger partial charge in [0, 0.05) is 10.2 Å². The van der Waals surface area contributed by atoms with Gasteiger partial charge < -0.3 is 11.1 Å². The van der Waals surface area contributed by atoms with Crippen molar-refractivity contribution >= 4 is 33.3 Å². The van der Waals surface area contributed by atoms with Gasteiger partial charge in [-0.05, 0) is 24.3 Å². The third-order valence-electron chi connectivity index (χ3n) is 1.80. The lowest BCUT2D eigenvalue weighted by Crippen LogP contribution is -1.96. The lowest BCUT2D eigenvalue weighted by Gasteiger charge is -2.05. The van der Waals surface area contributed by atoms with Gasteiger partial charge in [-0.15, -0.1) is 0 Å². The van der Waals surface area contributed by atoms with E-state index in [0.717, 1.165) is 15.8 Å². The van der Waals surface area contributed by atoms with Crippen LogP contribution >= 0.6 is 15.9 Å². The number of hydrogen-bond donors (Lipinski definition) is 2. The third kappa shape index (κ3) is 2.66. The predicted molar refractivity (Wildman–Crippen MR) is 63.9 cm³/mol. The Bertz CT molecular complexity index is 394. The lowest BCUT2D eigenvalue weighted by molar-refractivity contribution is 1.18. The van der Waals surface area contributed by atoms with Crippen molar-refractivity contribution in [3.8, 4) is 0 Å². The summed E-state index contributed by atoms with van der Waals surface area (Å²) in [5.74, 6) is 0.274. The van der Waals surface area contributed by atoms with Crippen LogP contribution in [-0.2, 0) is 0 Å². The van der Waals surface area contributed by atoms with Crippen molar-refractivity contribution in [2.75, 3.05) is 11.1 Å². The van der Waals surface area contributed by atoms with Crippen LogP contribution in [0.15, 0.2) is 41.1 Å². The zero-order chi connectivity index (χ0) is 10.7. The summed E-state index contributed by atoms with van der Waals surface area (Å²) in [7, 11) is 0. The Morgan fingerprint density at radius 2 is 1.60 bits per heavy atom. The number of hydrogen-bond acceptors (Lipinski definition) is 4. The number of nitrogens with one attached hydrogen (secondary N) is 1. The second-order valence-electron chi connectivity index (χ2n) is 2.96. The van der Waals surface area contributed by atoms with Crippen LogP contribution in [0.3, 0.4) is 0 Å². The summed E-state index contributed by atoms with van der Waals surface area (Å²) in [6.45, 7) is 0. The fraction of sp³-hybridized carbons (Fsp3) is 0. The summed E-state index contributed by atoms with van der Waals surface area (Å²) < 4.78 is 1.04. The molecule has 0 radical (unpaired) electrons. The molecule has 0 saturated heterocycles. The Hall–Kier alpha value is -1.62. The van der Waals surface area contributed by atoms with E-state index in [1.807, 2.05) is 24.3 Å². The normalized spacial score (nSPS) is 9.93. The van der Waals surface area contributed by atoms with E-state index in [-0.39, 0.29) is 5.95 Å². The molecule has 0 spiro atoms. The summed E-state index contributed by atoms with van der Waals surface area (Å²) in [5, 5.41) is 3.16. The third-order valence-corrected chi connectivity index (χ3v) is 2.33. The first-order valence-corrected chi connectivity index (χ1v) is 5.13. The Morgan fingerprint density at radius 3 is 2.20 bits per heavy atom. The van der Waals surface area contributed by atoms with Crippen LogP contribution in [0.25, 0.3) is 0 Å². The quantitative estimate of drug-likeness (QED) is 0.875. The summed E-state index contributed by atoms with van der Waals surface area (Å²) >= 11 is 3.37. The minimum absolute atomic E-state index is 0.274. The van der Waals surface area contributed by atoms with E-state index in [9.17, 15) is 0 Å². The van der Waals surface area contributed by atoms with Crippen molar-refractivity contribution in [1.82, 2.24) is 9.97 Å². The molecule has 76 valence electrons. The van der Waals surface area contributed by atoms with E-state index in [1.165, 1.54) is 0 Å². The summed E-state index contributed by atoms with van der Waals surface area (Å²) in [5.41, 5.74) is 7.17. The van der Waals surface area contributed by atoms with Gasteiger partial charge >= 0.3 is 0 Å². The number of aromatic nitrogens is 2. The number of rotatable bonds is 2.